The largest absolute Gasteiger partial charge is 0.334 e. The molecule has 1 aromatic heterocycles. The molecule has 4 heteroatoms. The molecule has 1 amide bonds. The first-order valence-corrected chi connectivity index (χ1v) is 8.36. The summed E-state index contributed by atoms with van der Waals surface area (Å²) in [6.07, 6.45) is 0. The zero-order chi connectivity index (χ0) is 18.0. The number of hydrogen-bond donors (Lipinski definition) is 1. The van der Waals surface area contributed by atoms with Gasteiger partial charge in [-0.15, -0.1) is 0 Å². The minimum absolute atomic E-state index is 0.0521. The number of benzene rings is 2. The molecule has 0 bridgehead atoms. The third-order valence-electron chi connectivity index (χ3n) is 4.39. The zero-order valence-electron chi connectivity index (χ0n) is 14.8. The molecule has 3 rings (SSSR count). The maximum absolute atomic E-state index is 12.5. The summed E-state index contributed by atoms with van der Waals surface area (Å²) in [5.41, 5.74) is 4.56. The van der Waals surface area contributed by atoms with Crippen molar-refractivity contribution in [2.24, 2.45) is 0 Å². The van der Waals surface area contributed by atoms with Gasteiger partial charge in [0.15, 0.2) is 0 Å². The molecule has 128 valence electrons. The molecule has 0 unspecified atom stereocenters. The summed E-state index contributed by atoms with van der Waals surface area (Å²) in [4.78, 5) is 29.2. The van der Waals surface area contributed by atoms with Crippen molar-refractivity contribution in [2.45, 2.75) is 33.9 Å². The van der Waals surface area contributed by atoms with Crippen LogP contribution in [-0.4, -0.2) is 15.8 Å². The van der Waals surface area contributed by atoms with Crippen LogP contribution in [0.4, 0.5) is 0 Å². The first-order chi connectivity index (χ1) is 11.9. The molecule has 3 aromatic rings. The fraction of sp³-hybridized carbons (Fsp3) is 0.238. The number of nitrogens with one attached hydrogen (secondary N) is 1. The highest BCUT2D eigenvalue weighted by Crippen LogP contribution is 2.19. The van der Waals surface area contributed by atoms with Crippen LogP contribution < -0.4 is 5.56 Å². The standard InChI is InChI=1S/C21H22N2O2/c1-14-9-15(2)20-18(10-14)11-19(21(25)22-20)13-23(16(3)24)12-17-7-5-4-6-8-17/h4-11H,12-13H2,1-3H3,(H,22,25). The van der Waals surface area contributed by atoms with Crippen LogP contribution in [0.25, 0.3) is 10.9 Å². The fourth-order valence-electron chi connectivity index (χ4n) is 3.14. The number of carbonyl (C=O) groups excluding carboxylic acids is 1. The van der Waals surface area contributed by atoms with E-state index < -0.39 is 0 Å². The van der Waals surface area contributed by atoms with Crippen molar-refractivity contribution in [1.82, 2.24) is 9.88 Å². The van der Waals surface area contributed by atoms with E-state index in [0.717, 1.165) is 27.6 Å². The molecule has 0 aliphatic rings. The van der Waals surface area contributed by atoms with Crippen LogP contribution in [0.3, 0.4) is 0 Å². The number of rotatable bonds is 4. The first kappa shape index (κ1) is 17.0. The second kappa shape index (κ2) is 6.93. The van der Waals surface area contributed by atoms with Gasteiger partial charge in [-0.25, -0.2) is 0 Å². The highest BCUT2D eigenvalue weighted by Gasteiger charge is 2.14. The van der Waals surface area contributed by atoms with Crippen molar-refractivity contribution >= 4 is 16.8 Å². The molecule has 0 aliphatic carbocycles. The van der Waals surface area contributed by atoms with Gasteiger partial charge in [0.05, 0.1) is 12.1 Å². The molecule has 0 aliphatic heterocycles. The lowest BCUT2D eigenvalue weighted by Gasteiger charge is -2.21. The van der Waals surface area contributed by atoms with Gasteiger partial charge in [0, 0.05) is 19.0 Å². The molecule has 25 heavy (non-hydrogen) atoms. The van der Waals surface area contributed by atoms with Crippen molar-refractivity contribution in [2.75, 3.05) is 0 Å². The summed E-state index contributed by atoms with van der Waals surface area (Å²) in [7, 11) is 0. The van der Waals surface area contributed by atoms with Gasteiger partial charge >= 0.3 is 0 Å². The van der Waals surface area contributed by atoms with Crippen molar-refractivity contribution in [1.29, 1.82) is 0 Å². The lowest BCUT2D eigenvalue weighted by atomic mass is 10.0. The number of nitrogens with zero attached hydrogens (tertiary/aromatic N) is 1. The van der Waals surface area contributed by atoms with Gasteiger partial charge in [-0.3, -0.25) is 9.59 Å². The van der Waals surface area contributed by atoms with Crippen LogP contribution in [0.5, 0.6) is 0 Å². The summed E-state index contributed by atoms with van der Waals surface area (Å²) in [5.74, 6) is -0.0521. The Labute approximate surface area is 147 Å². The Kier molecular flexibility index (Phi) is 4.70. The van der Waals surface area contributed by atoms with E-state index >= 15 is 0 Å². The summed E-state index contributed by atoms with van der Waals surface area (Å²) in [5, 5.41) is 0.996. The van der Waals surface area contributed by atoms with Gasteiger partial charge in [-0.05, 0) is 42.5 Å². The summed E-state index contributed by atoms with van der Waals surface area (Å²) < 4.78 is 0. The van der Waals surface area contributed by atoms with Crippen LogP contribution in [0.2, 0.25) is 0 Å². The first-order valence-electron chi connectivity index (χ1n) is 8.36. The average Bonchev–Trinajstić information content (AvgIpc) is 2.56. The molecule has 2 aromatic carbocycles. The van der Waals surface area contributed by atoms with Gasteiger partial charge in [-0.1, -0.05) is 42.0 Å². The fourth-order valence-corrected chi connectivity index (χ4v) is 3.14. The van der Waals surface area contributed by atoms with Crippen LogP contribution in [0, 0.1) is 13.8 Å². The van der Waals surface area contributed by atoms with E-state index in [1.54, 1.807) is 4.90 Å². The highest BCUT2D eigenvalue weighted by atomic mass is 16.2. The number of aromatic amines is 1. The van der Waals surface area contributed by atoms with Gasteiger partial charge in [0.25, 0.3) is 5.56 Å². The Hall–Kier alpha value is -2.88. The topological polar surface area (TPSA) is 53.2 Å². The number of aromatic nitrogens is 1. The van der Waals surface area contributed by atoms with Gasteiger partial charge in [0.1, 0.15) is 0 Å². The number of aryl methyl sites for hydroxylation is 2. The summed E-state index contributed by atoms with van der Waals surface area (Å²) in [6, 6.07) is 15.8. The lowest BCUT2D eigenvalue weighted by Crippen LogP contribution is -2.30. The third kappa shape index (κ3) is 3.79. The van der Waals surface area contributed by atoms with Crippen molar-refractivity contribution in [3.8, 4) is 0 Å². The third-order valence-corrected chi connectivity index (χ3v) is 4.39. The molecule has 0 fully saturated rings. The van der Waals surface area contributed by atoms with Crippen LogP contribution >= 0.6 is 0 Å². The molecule has 0 spiro atoms. The maximum Gasteiger partial charge on any atom is 0.253 e. The van der Waals surface area contributed by atoms with Crippen molar-refractivity contribution in [3.05, 3.63) is 81.1 Å². The SMILES string of the molecule is CC(=O)N(Cc1ccccc1)Cc1cc2cc(C)cc(C)c2[nH]c1=O. The van der Waals surface area contributed by atoms with Crippen molar-refractivity contribution in [3.63, 3.8) is 0 Å². The van der Waals surface area contributed by atoms with E-state index in [-0.39, 0.29) is 11.5 Å². The highest BCUT2D eigenvalue weighted by molar-refractivity contribution is 5.83. The van der Waals surface area contributed by atoms with E-state index in [1.807, 2.05) is 50.2 Å². The summed E-state index contributed by atoms with van der Waals surface area (Å²) >= 11 is 0. The van der Waals surface area contributed by atoms with Crippen LogP contribution in [0.15, 0.2) is 53.3 Å². The average molecular weight is 334 g/mol. The normalized spacial score (nSPS) is 10.8. The molecular weight excluding hydrogens is 312 g/mol. The molecule has 1 N–H and O–H groups in total. The minimum atomic E-state index is -0.140. The molecular formula is C21H22N2O2. The van der Waals surface area contributed by atoms with E-state index in [9.17, 15) is 9.59 Å². The van der Waals surface area contributed by atoms with Crippen molar-refractivity contribution < 1.29 is 4.79 Å². The molecule has 0 saturated heterocycles. The lowest BCUT2D eigenvalue weighted by molar-refractivity contribution is -0.130. The molecule has 0 radical (unpaired) electrons. The Bertz CT molecular complexity index is 974. The second-order valence-electron chi connectivity index (χ2n) is 6.53. The number of fused-ring (bicyclic) bond motifs is 1. The maximum atomic E-state index is 12.5. The smallest absolute Gasteiger partial charge is 0.253 e. The monoisotopic (exact) mass is 334 g/mol. The van der Waals surface area contributed by atoms with E-state index in [2.05, 4.69) is 17.1 Å². The van der Waals surface area contributed by atoms with Crippen LogP contribution in [-0.2, 0) is 17.9 Å². The number of H-pyrrole nitrogens is 1. The van der Waals surface area contributed by atoms with Gasteiger partial charge < -0.3 is 9.88 Å². The quantitative estimate of drug-likeness (QED) is 0.791. The number of amides is 1. The summed E-state index contributed by atoms with van der Waals surface area (Å²) in [6.45, 7) is 6.34. The zero-order valence-corrected chi connectivity index (χ0v) is 14.8. The van der Waals surface area contributed by atoms with Crippen LogP contribution in [0.1, 0.15) is 29.2 Å². The Morgan fingerprint density at radius 2 is 1.76 bits per heavy atom. The predicted molar refractivity (Wildman–Crippen MR) is 100 cm³/mol. The molecule has 0 saturated carbocycles. The molecule has 0 atom stereocenters. The second-order valence-corrected chi connectivity index (χ2v) is 6.53. The number of carbonyl (C=O) groups is 1. The molecule has 1 heterocycles. The number of pyridine rings is 1. The minimum Gasteiger partial charge on any atom is -0.334 e. The Morgan fingerprint density at radius 3 is 2.44 bits per heavy atom. The van der Waals surface area contributed by atoms with E-state index in [4.69, 9.17) is 0 Å². The van der Waals surface area contributed by atoms with Gasteiger partial charge in [0.2, 0.25) is 5.91 Å². The van der Waals surface area contributed by atoms with Gasteiger partial charge in [-0.2, -0.15) is 0 Å². The van der Waals surface area contributed by atoms with E-state index in [0.29, 0.717) is 18.7 Å². The molecule has 4 nitrogen and oxygen atoms in total. The number of hydrogen-bond acceptors (Lipinski definition) is 2. The predicted octanol–water partition coefficient (Wildman–Crippen LogP) is 3.69. The van der Waals surface area contributed by atoms with E-state index in [1.165, 1.54) is 6.92 Å². The Balaban J connectivity index is 1.95. The Morgan fingerprint density at radius 1 is 1.04 bits per heavy atom.